The minimum atomic E-state index is 0.000723. The van der Waals surface area contributed by atoms with Gasteiger partial charge >= 0.3 is 0 Å². The number of nitrogens with one attached hydrogen (secondary N) is 1. The van der Waals surface area contributed by atoms with Crippen LogP contribution in [0.2, 0.25) is 0 Å². The Kier molecular flexibility index (Phi) is 4.36. The summed E-state index contributed by atoms with van der Waals surface area (Å²) in [6, 6.07) is 12.2. The van der Waals surface area contributed by atoms with Gasteiger partial charge in [-0.15, -0.1) is 11.3 Å². The Morgan fingerprint density at radius 2 is 2.19 bits per heavy atom. The van der Waals surface area contributed by atoms with E-state index in [0.717, 1.165) is 40.3 Å². The SMILES string of the molecule is Cc1cc(C(=O)NCC2CCCO2)sc1-c1ccccc1. The standard InChI is InChI=1S/C17H19NO2S/c1-12-10-15(17(19)18-11-14-8-5-9-20-14)21-16(12)13-6-3-2-4-7-13/h2-4,6-7,10,14H,5,8-9,11H2,1H3,(H,18,19). The molecule has 3 nitrogen and oxygen atoms in total. The van der Waals surface area contributed by atoms with Gasteiger partial charge in [0, 0.05) is 18.0 Å². The summed E-state index contributed by atoms with van der Waals surface area (Å²) in [5, 5.41) is 2.98. The molecule has 0 bridgehead atoms. The second-order valence-electron chi connectivity index (χ2n) is 5.33. The number of ether oxygens (including phenoxy) is 1. The van der Waals surface area contributed by atoms with E-state index < -0.39 is 0 Å². The molecule has 1 N–H and O–H groups in total. The summed E-state index contributed by atoms with van der Waals surface area (Å²) in [6.45, 7) is 3.48. The normalized spacial score (nSPS) is 17.9. The Morgan fingerprint density at radius 3 is 2.90 bits per heavy atom. The molecular formula is C17H19NO2S. The lowest BCUT2D eigenvalue weighted by Crippen LogP contribution is -2.31. The Balaban J connectivity index is 1.69. The van der Waals surface area contributed by atoms with E-state index in [9.17, 15) is 4.79 Å². The van der Waals surface area contributed by atoms with Crippen molar-refractivity contribution in [2.45, 2.75) is 25.9 Å². The lowest BCUT2D eigenvalue weighted by Gasteiger charge is -2.09. The van der Waals surface area contributed by atoms with Crippen molar-refractivity contribution in [3.05, 3.63) is 46.8 Å². The van der Waals surface area contributed by atoms with Gasteiger partial charge in [0.05, 0.1) is 11.0 Å². The van der Waals surface area contributed by atoms with Crippen molar-refractivity contribution < 1.29 is 9.53 Å². The largest absolute Gasteiger partial charge is 0.376 e. The van der Waals surface area contributed by atoms with Crippen molar-refractivity contribution >= 4 is 17.2 Å². The molecule has 21 heavy (non-hydrogen) atoms. The van der Waals surface area contributed by atoms with Gasteiger partial charge < -0.3 is 10.1 Å². The number of rotatable bonds is 4. The summed E-state index contributed by atoms with van der Waals surface area (Å²) in [5.41, 5.74) is 2.31. The molecule has 1 aromatic heterocycles. The summed E-state index contributed by atoms with van der Waals surface area (Å²) < 4.78 is 5.53. The molecule has 0 saturated carbocycles. The van der Waals surface area contributed by atoms with Crippen LogP contribution in [-0.2, 0) is 4.74 Å². The second kappa shape index (κ2) is 6.41. The topological polar surface area (TPSA) is 38.3 Å². The van der Waals surface area contributed by atoms with Gasteiger partial charge in [0.1, 0.15) is 0 Å². The zero-order valence-electron chi connectivity index (χ0n) is 12.1. The molecule has 1 amide bonds. The zero-order valence-corrected chi connectivity index (χ0v) is 12.9. The molecule has 1 aliphatic rings. The van der Waals surface area contributed by atoms with Crippen LogP contribution in [0.25, 0.3) is 10.4 Å². The highest BCUT2D eigenvalue weighted by Crippen LogP contribution is 2.32. The van der Waals surface area contributed by atoms with E-state index in [4.69, 9.17) is 4.74 Å². The lowest BCUT2D eigenvalue weighted by atomic mass is 10.1. The molecule has 1 unspecified atom stereocenters. The van der Waals surface area contributed by atoms with Crippen LogP contribution in [0.4, 0.5) is 0 Å². The molecule has 0 radical (unpaired) electrons. The second-order valence-corrected chi connectivity index (χ2v) is 6.39. The first-order chi connectivity index (χ1) is 10.2. The van der Waals surface area contributed by atoms with E-state index in [1.54, 1.807) is 11.3 Å². The van der Waals surface area contributed by atoms with Crippen LogP contribution in [0.15, 0.2) is 36.4 Å². The molecule has 4 heteroatoms. The third-order valence-corrected chi connectivity index (χ3v) is 4.98. The molecule has 3 rings (SSSR count). The molecule has 0 spiro atoms. The maximum atomic E-state index is 12.2. The first-order valence-electron chi connectivity index (χ1n) is 7.29. The molecule has 1 atom stereocenters. The van der Waals surface area contributed by atoms with Crippen LogP contribution in [0.3, 0.4) is 0 Å². The van der Waals surface area contributed by atoms with Crippen molar-refractivity contribution in [2.75, 3.05) is 13.2 Å². The minimum absolute atomic E-state index is 0.000723. The highest BCUT2D eigenvalue weighted by atomic mass is 32.1. The Bertz CT molecular complexity index is 615. The number of thiophene rings is 1. The van der Waals surface area contributed by atoms with Crippen LogP contribution < -0.4 is 5.32 Å². The van der Waals surface area contributed by atoms with Gasteiger partial charge in [-0.3, -0.25) is 4.79 Å². The van der Waals surface area contributed by atoms with E-state index in [2.05, 4.69) is 24.4 Å². The van der Waals surface area contributed by atoms with Gasteiger partial charge in [-0.2, -0.15) is 0 Å². The first kappa shape index (κ1) is 14.3. The molecule has 0 aliphatic carbocycles. The van der Waals surface area contributed by atoms with E-state index in [0.29, 0.717) is 6.54 Å². The number of hydrogen-bond acceptors (Lipinski definition) is 3. The third kappa shape index (κ3) is 3.34. The van der Waals surface area contributed by atoms with Crippen molar-refractivity contribution in [3.8, 4) is 10.4 Å². The molecule has 1 aromatic carbocycles. The van der Waals surface area contributed by atoms with E-state index >= 15 is 0 Å². The van der Waals surface area contributed by atoms with Gasteiger partial charge in [0.2, 0.25) is 0 Å². The Morgan fingerprint density at radius 1 is 1.38 bits per heavy atom. The summed E-state index contributed by atoms with van der Waals surface area (Å²) in [7, 11) is 0. The number of hydrogen-bond donors (Lipinski definition) is 1. The van der Waals surface area contributed by atoms with Crippen LogP contribution in [0.1, 0.15) is 28.1 Å². The molecular weight excluding hydrogens is 282 g/mol. The predicted molar refractivity (Wildman–Crippen MR) is 85.8 cm³/mol. The van der Waals surface area contributed by atoms with Crippen molar-refractivity contribution in [2.24, 2.45) is 0 Å². The molecule has 1 fully saturated rings. The predicted octanol–water partition coefficient (Wildman–Crippen LogP) is 3.63. The fourth-order valence-corrected chi connectivity index (χ4v) is 3.66. The van der Waals surface area contributed by atoms with Crippen LogP contribution in [0.5, 0.6) is 0 Å². The number of carbonyl (C=O) groups excluding carboxylic acids is 1. The Labute approximate surface area is 129 Å². The van der Waals surface area contributed by atoms with Gasteiger partial charge in [-0.05, 0) is 37.0 Å². The molecule has 1 saturated heterocycles. The molecule has 2 aromatic rings. The monoisotopic (exact) mass is 301 g/mol. The molecule has 110 valence electrons. The number of carbonyl (C=O) groups is 1. The average molecular weight is 301 g/mol. The van der Waals surface area contributed by atoms with Crippen LogP contribution in [0, 0.1) is 6.92 Å². The maximum Gasteiger partial charge on any atom is 0.261 e. The van der Waals surface area contributed by atoms with Gasteiger partial charge in [0.15, 0.2) is 0 Å². The van der Waals surface area contributed by atoms with Crippen molar-refractivity contribution in [1.29, 1.82) is 0 Å². The smallest absolute Gasteiger partial charge is 0.261 e. The van der Waals surface area contributed by atoms with Crippen LogP contribution in [-0.4, -0.2) is 25.2 Å². The Hall–Kier alpha value is -1.65. The zero-order chi connectivity index (χ0) is 14.7. The van der Waals surface area contributed by atoms with Gasteiger partial charge in [-0.1, -0.05) is 30.3 Å². The van der Waals surface area contributed by atoms with Crippen molar-refractivity contribution in [3.63, 3.8) is 0 Å². The molecule has 1 aliphatic heterocycles. The third-order valence-electron chi connectivity index (χ3n) is 3.69. The summed E-state index contributed by atoms with van der Waals surface area (Å²) in [4.78, 5) is 14.2. The van der Waals surface area contributed by atoms with Gasteiger partial charge in [0.25, 0.3) is 5.91 Å². The lowest BCUT2D eigenvalue weighted by molar-refractivity contribution is 0.0861. The molecule has 2 heterocycles. The fourth-order valence-electron chi connectivity index (χ4n) is 2.57. The number of benzene rings is 1. The van der Waals surface area contributed by atoms with E-state index in [1.165, 1.54) is 0 Å². The first-order valence-corrected chi connectivity index (χ1v) is 8.11. The minimum Gasteiger partial charge on any atom is -0.376 e. The van der Waals surface area contributed by atoms with Crippen LogP contribution >= 0.6 is 11.3 Å². The number of aryl methyl sites for hydroxylation is 1. The summed E-state index contributed by atoms with van der Waals surface area (Å²) >= 11 is 1.55. The van der Waals surface area contributed by atoms with E-state index in [-0.39, 0.29) is 12.0 Å². The van der Waals surface area contributed by atoms with E-state index in [1.807, 2.05) is 24.3 Å². The maximum absolute atomic E-state index is 12.2. The summed E-state index contributed by atoms with van der Waals surface area (Å²) in [6.07, 6.45) is 2.32. The quantitative estimate of drug-likeness (QED) is 0.936. The highest BCUT2D eigenvalue weighted by Gasteiger charge is 2.18. The van der Waals surface area contributed by atoms with Crippen molar-refractivity contribution in [1.82, 2.24) is 5.32 Å². The summed E-state index contributed by atoms with van der Waals surface area (Å²) in [5.74, 6) is 0.000723. The fraction of sp³-hybridized carbons (Fsp3) is 0.353. The highest BCUT2D eigenvalue weighted by molar-refractivity contribution is 7.17. The van der Waals surface area contributed by atoms with Gasteiger partial charge in [-0.25, -0.2) is 0 Å². The average Bonchev–Trinajstić information content (AvgIpc) is 3.15. The number of amides is 1.